The Kier molecular flexibility index (Phi) is 3.65. The third-order valence-electron chi connectivity index (χ3n) is 2.46. The molecule has 2 rings (SSSR count). The van der Waals surface area contributed by atoms with E-state index in [0.717, 1.165) is 0 Å². The van der Waals surface area contributed by atoms with Gasteiger partial charge in [-0.2, -0.15) is 0 Å². The van der Waals surface area contributed by atoms with Gasteiger partial charge in [-0.3, -0.25) is 0 Å². The van der Waals surface area contributed by atoms with Crippen LogP contribution in [-0.4, -0.2) is 45.5 Å². The molecule has 0 fully saturated rings. The molecule has 0 saturated carbocycles. The van der Waals surface area contributed by atoms with Crippen molar-refractivity contribution in [2.45, 2.75) is 4.90 Å². The lowest BCUT2D eigenvalue weighted by molar-refractivity contribution is 0.412. The van der Waals surface area contributed by atoms with E-state index in [1.54, 1.807) is 6.07 Å². The van der Waals surface area contributed by atoms with E-state index in [-0.39, 0.29) is 4.90 Å². The van der Waals surface area contributed by atoms with Gasteiger partial charge in [0.25, 0.3) is 0 Å². The van der Waals surface area contributed by atoms with Gasteiger partial charge in [-0.05, 0) is 26.2 Å². The number of hydrogen-bond acceptors (Lipinski definition) is 5. The highest BCUT2D eigenvalue weighted by Crippen LogP contribution is 2.17. The van der Waals surface area contributed by atoms with Crippen molar-refractivity contribution in [3.63, 3.8) is 0 Å². The molecule has 1 aromatic heterocycles. The number of rotatable bonds is 5. The Hall–Kier alpha value is -1.44. The van der Waals surface area contributed by atoms with E-state index in [4.69, 9.17) is 4.42 Å². The van der Waals surface area contributed by atoms with Crippen LogP contribution >= 0.6 is 0 Å². The molecular weight excluding hydrogens is 254 g/mol. The Morgan fingerprint density at radius 2 is 2.17 bits per heavy atom. The van der Waals surface area contributed by atoms with Crippen molar-refractivity contribution in [1.82, 2.24) is 14.6 Å². The Labute approximate surface area is 106 Å². The molecule has 0 aliphatic carbocycles. The van der Waals surface area contributed by atoms with E-state index in [9.17, 15) is 8.42 Å². The zero-order valence-corrected chi connectivity index (χ0v) is 11.1. The first kappa shape index (κ1) is 13.0. The van der Waals surface area contributed by atoms with Crippen LogP contribution in [0.1, 0.15) is 0 Å². The van der Waals surface area contributed by atoms with E-state index in [2.05, 4.69) is 9.71 Å². The maximum absolute atomic E-state index is 12.0. The molecule has 0 aliphatic heterocycles. The third-order valence-corrected chi connectivity index (χ3v) is 3.92. The monoisotopic (exact) mass is 269 g/mol. The van der Waals surface area contributed by atoms with Gasteiger partial charge in [0, 0.05) is 19.2 Å². The minimum atomic E-state index is -3.49. The molecule has 1 heterocycles. The summed E-state index contributed by atoms with van der Waals surface area (Å²) in [4.78, 5) is 6.03. The van der Waals surface area contributed by atoms with Gasteiger partial charge in [0.1, 0.15) is 5.52 Å². The van der Waals surface area contributed by atoms with E-state index in [1.165, 1.54) is 18.5 Å². The van der Waals surface area contributed by atoms with Gasteiger partial charge < -0.3 is 9.32 Å². The molecule has 0 amide bonds. The summed E-state index contributed by atoms with van der Waals surface area (Å²) in [6.45, 7) is 1.01. The van der Waals surface area contributed by atoms with Crippen LogP contribution in [0.25, 0.3) is 11.1 Å². The summed E-state index contributed by atoms with van der Waals surface area (Å²) in [6, 6.07) is 4.61. The first-order chi connectivity index (χ1) is 8.49. The Morgan fingerprint density at radius 3 is 2.89 bits per heavy atom. The fraction of sp³-hybridized carbons (Fsp3) is 0.364. The zero-order chi connectivity index (χ0) is 13.2. The summed E-state index contributed by atoms with van der Waals surface area (Å²) in [5.74, 6) is 0. The van der Waals surface area contributed by atoms with Gasteiger partial charge in [-0.1, -0.05) is 0 Å². The van der Waals surface area contributed by atoms with Crippen LogP contribution in [0.15, 0.2) is 33.9 Å². The molecule has 0 unspecified atom stereocenters. The number of benzene rings is 1. The number of oxazole rings is 1. The normalized spacial score (nSPS) is 12.4. The molecule has 98 valence electrons. The Bertz CT molecular complexity index is 634. The first-order valence-electron chi connectivity index (χ1n) is 5.47. The molecule has 0 saturated heterocycles. The predicted octanol–water partition coefficient (Wildman–Crippen LogP) is 0.668. The van der Waals surface area contributed by atoms with Crippen molar-refractivity contribution in [3.05, 3.63) is 24.6 Å². The fourth-order valence-electron chi connectivity index (χ4n) is 1.49. The molecule has 0 bridgehead atoms. The summed E-state index contributed by atoms with van der Waals surface area (Å²) in [7, 11) is 0.278. The minimum absolute atomic E-state index is 0.186. The average molecular weight is 269 g/mol. The van der Waals surface area contributed by atoms with Crippen molar-refractivity contribution < 1.29 is 12.8 Å². The SMILES string of the molecule is CN(C)CCNS(=O)(=O)c1ccc2ncoc2c1. The summed E-state index contributed by atoms with van der Waals surface area (Å²) in [6.07, 6.45) is 1.29. The summed E-state index contributed by atoms with van der Waals surface area (Å²) in [5, 5.41) is 0. The van der Waals surface area contributed by atoms with Gasteiger partial charge in [0.2, 0.25) is 10.0 Å². The lowest BCUT2D eigenvalue weighted by atomic mass is 10.3. The summed E-state index contributed by atoms with van der Waals surface area (Å²) < 4.78 is 31.6. The van der Waals surface area contributed by atoms with Crippen LogP contribution < -0.4 is 4.72 Å². The van der Waals surface area contributed by atoms with Crippen molar-refractivity contribution in [2.75, 3.05) is 27.2 Å². The van der Waals surface area contributed by atoms with Crippen LogP contribution in [0.5, 0.6) is 0 Å². The van der Waals surface area contributed by atoms with Crippen molar-refractivity contribution in [1.29, 1.82) is 0 Å². The number of sulfonamides is 1. The minimum Gasteiger partial charge on any atom is -0.443 e. The van der Waals surface area contributed by atoms with Crippen LogP contribution in [0.2, 0.25) is 0 Å². The third kappa shape index (κ3) is 2.87. The summed E-state index contributed by atoms with van der Waals surface area (Å²) in [5.41, 5.74) is 1.10. The predicted molar refractivity (Wildman–Crippen MR) is 67.8 cm³/mol. The number of aromatic nitrogens is 1. The second-order valence-corrected chi connectivity index (χ2v) is 5.95. The molecular formula is C11H15N3O3S. The molecule has 7 heteroatoms. The van der Waals surface area contributed by atoms with Crippen LogP contribution in [-0.2, 0) is 10.0 Å². The average Bonchev–Trinajstić information content (AvgIpc) is 2.74. The number of nitrogens with zero attached hydrogens (tertiary/aromatic N) is 2. The lowest BCUT2D eigenvalue weighted by Crippen LogP contribution is -2.31. The van der Waals surface area contributed by atoms with Gasteiger partial charge >= 0.3 is 0 Å². The number of nitrogens with one attached hydrogen (secondary N) is 1. The highest BCUT2D eigenvalue weighted by molar-refractivity contribution is 7.89. The van der Waals surface area contributed by atoms with Gasteiger partial charge in [-0.25, -0.2) is 18.1 Å². The topological polar surface area (TPSA) is 75.4 Å². The zero-order valence-electron chi connectivity index (χ0n) is 10.3. The van der Waals surface area contributed by atoms with E-state index in [1.807, 2.05) is 19.0 Å². The molecule has 1 aromatic carbocycles. The largest absolute Gasteiger partial charge is 0.443 e. The van der Waals surface area contributed by atoms with Gasteiger partial charge in [-0.15, -0.1) is 0 Å². The molecule has 0 atom stereocenters. The highest BCUT2D eigenvalue weighted by atomic mass is 32.2. The Balaban J connectivity index is 2.18. The van der Waals surface area contributed by atoms with Crippen molar-refractivity contribution in [2.24, 2.45) is 0 Å². The van der Waals surface area contributed by atoms with Gasteiger partial charge in [0.05, 0.1) is 4.90 Å². The molecule has 1 N–H and O–H groups in total. The van der Waals surface area contributed by atoms with Crippen LogP contribution in [0.3, 0.4) is 0 Å². The quantitative estimate of drug-likeness (QED) is 0.863. The van der Waals surface area contributed by atoms with Gasteiger partial charge in [0.15, 0.2) is 12.0 Å². The van der Waals surface area contributed by atoms with Crippen LogP contribution in [0.4, 0.5) is 0 Å². The molecule has 0 spiro atoms. The molecule has 18 heavy (non-hydrogen) atoms. The Morgan fingerprint density at radius 1 is 1.39 bits per heavy atom. The fourth-order valence-corrected chi connectivity index (χ4v) is 2.53. The maximum atomic E-state index is 12.0. The standard InChI is InChI=1S/C11H15N3O3S/c1-14(2)6-5-13-18(15,16)9-3-4-10-11(7-9)17-8-12-10/h3-4,7-8,13H,5-6H2,1-2H3. The van der Waals surface area contributed by atoms with Crippen LogP contribution in [0, 0.1) is 0 Å². The van der Waals surface area contributed by atoms with E-state index < -0.39 is 10.0 Å². The first-order valence-corrected chi connectivity index (χ1v) is 6.95. The molecule has 0 radical (unpaired) electrons. The lowest BCUT2D eigenvalue weighted by Gasteiger charge is -2.10. The van der Waals surface area contributed by atoms with E-state index >= 15 is 0 Å². The maximum Gasteiger partial charge on any atom is 0.240 e. The van der Waals surface area contributed by atoms with Crippen molar-refractivity contribution in [3.8, 4) is 0 Å². The molecule has 2 aromatic rings. The second kappa shape index (κ2) is 5.05. The highest BCUT2D eigenvalue weighted by Gasteiger charge is 2.14. The second-order valence-electron chi connectivity index (χ2n) is 4.18. The smallest absolute Gasteiger partial charge is 0.240 e. The number of hydrogen-bond donors (Lipinski definition) is 1. The number of fused-ring (bicyclic) bond motifs is 1. The molecule has 0 aliphatic rings. The molecule has 6 nitrogen and oxygen atoms in total. The van der Waals surface area contributed by atoms with Crippen molar-refractivity contribution >= 4 is 21.1 Å². The van der Waals surface area contributed by atoms with E-state index in [0.29, 0.717) is 24.2 Å². The number of likely N-dealkylation sites (N-methyl/N-ethyl adjacent to an activating group) is 1. The summed E-state index contributed by atoms with van der Waals surface area (Å²) >= 11 is 0.